The van der Waals surface area contributed by atoms with Gasteiger partial charge in [0.05, 0.1) is 5.69 Å². The molecule has 27 heavy (non-hydrogen) atoms. The number of amides is 2. The topological polar surface area (TPSA) is 67.2 Å². The van der Waals surface area contributed by atoms with Crippen molar-refractivity contribution in [1.29, 1.82) is 0 Å². The van der Waals surface area contributed by atoms with Gasteiger partial charge in [-0.3, -0.25) is 9.59 Å². The van der Waals surface area contributed by atoms with Gasteiger partial charge in [0.1, 0.15) is 0 Å². The first kappa shape index (κ1) is 17.8. The van der Waals surface area contributed by atoms with Gasteiger partial charge in [-0.2, -0.15) is 5.10 Å². The van der Waals surface area contributed by atoms with E-state index in [4.69, 9.17) is 0 Å². The molecule has 142 valence electrons. The molecule has 1 N–H and O–H groups in total. The predicted molar refractivity (Wildman–Crippen MR) is 103 cm³/mol. The van der Waals surface area contributed by atoms with Crippen LogP contribution < -0.4 is 5.32 Å². The molecule has 2 atom stereocenters. The lowest BCUT2D eigenvalue weighted by atomic mass is 9.77. The average molecular weight is 366 g/mol. The van der Waals surface area contributed by atoms with Crippen molar-refractivity contribution >= 4 is 17.5 Å². The Balaban J connectivity index is 1.47. The van der Waals surface area contributed by atoms with Gasteiger partial charge in [0, 0.05) is 43.0 Å². The second-order valence-corrected chi connectivity index (χ2v) is 7.52. The summed E-state index contributed by atoms with van der Waals surface area (Å²) in [6.07, 6.45) is 9.40. The minimum absolute atomic E-state index is 0.0372. The number of rotatable bonds is 4. The van der Waals surface area contributed by atoms with Crippen LogP contribution in [-0.2, 0) is 9.59 Å². The third kappa shape index (κ3) is 3.89. The Morgan fingerprint density at radius 2 is 1.78 bits per heavy atom. The molecule has 1 saturated carbocycles. The van der Waals surface area contributed by atoms with E-state index >= 15 is 0 Å². The molecule has 6 heteroatoms. The molecule has 1 aromatic carbocycles. The number of anilines is 1. The highest BCUT2D eigenvalue weighted by atomic mass is 16.2. The van der Waals surface area contributed by atoms with Crippen molar-refractivity contribution in [2.75, 3.05) is 18.4 Å². The average Bonchev–Trinajstić information content (AvgIpc) is 3.41. The molecular weight excluding hydrogens is 340 g/mol. The lowest BCUT2D eigenvalue weighted by Gasteiger charge is -2.32. The molecule has 0 radical (unpaired) electrons. The summed E-state index contributed by atoms with van der Waals surface area (Å²) < 4.78 is 1.76. The van der Waals surface area contributed by atoms with Crippen LogP contribution in [0.2, 0.25) is 0 Å². The summed E-state index contributed by atoms with van der Waals surface area (Å²) in [6, 6.07) is 9.50. The molecule has 0 spiro atoms. The number of benzene rings is 1. The third-order valence-electron chi connectivity index (χ3n) is 5.72. The maximum atomic E-state index is 13.0. The highest BCUT2D eigenvalue weighted by molar-refractivity contribution is 5.96. The molecule has 1 aromatic heterocycles. The van der Waals surface area contributed by atoms with E-state index in [1.165, 1.54) is 0 Å². The van der Waals surface area contributed by atoms with Gasteiger partial charge in [-0.25, -0.2) is 4.68 Å². The number of likely N-dealkylation sites (tertiary alicyclic amines) is 1. The number of carbonyl (C=O) groups excluding carboxylic acids is 2. The first-order valence-electron chi connectivity index (χ1n) is 9.92. The zero-order valence-corrected chi connectivity index (χ0v) is 15.5. The van der Waals surface area contributed by atoms with Crippen LogP contribution in [0.5, 0.6) is 0 Å². The Bertz CT molecular complexity index is 796. The van der Waals surface area contributed by atoms with Gasteiger partial charge in [0.15, 0.2) is 0 Å². The standard InChI is InChI=1S/C21H26N4O2/c26-20(23-16-7-5-8-17(15-16)25-14-6-11-22-25)18-9-1-2-10-19(18)21(27)24-12-3-4-13-24/h5-8,11,14-15,18-19H,1-4,9-10,12-13H2,(H,23,26)/t18-,19+/m0/s1. The second-order valence-electron chi connectivity index (χ2n) is 7.52. The monoisotopic (exact) mass is 366 g/mol. The van der Waals surface area contributed by atoms with Gasteiger partial charge in [-0.15, -0.1) is 0 Å². The maximum Gasteiger partial charge on any atom is 0.228 e. The van der Waals surface area contributed by atoms with Crippen LogP contribution in [0.15, 0.2) is 42.7 Å². The summed E-state index contributed by atoms with van der Waals surface area (Å²) in [5.74, 6) is -0.270. The fourth-order valence-electron chi connectivity index (χ4n) is 4.29. The Morgan fingerprint density at radius 1 is 1.00 bits per heavy atom. The first-order chi connectivity index (χ1) is 13.2. The number of hydrogen-bond donors (Lipinski definition) is 1. The summed E-state index contributed by atoms with van der Waals surface area (Å²) in [6.45, 7) is 1.69. The fraction of sp³-hybridized carbons (Fsp3) is 0.476. The van der Waals surface area contributed by atoms with E-state index in [0.29, 0.717) is 0 Å². The van der Waals surface area contributed by atoms with Crippen LogP contribution in [0.1, 0.15) is 38.5 Å². The van der Waals surface area contributed by atoms with E-state index in [1.54, 1.807) is 10.9 Å². The molecule has 0 unspecified atom stereocenters. The van der Waals surface area contributed by atoms with Crippen LogP contribution in [0, 0.1) is 11.8 Å². The smallest absolute Gasteiger partial charge is 0.228 e. The largest absolute Gasteiger partial charge is 0.342 e. The molecule has 2 aliphatic rings. The molecule has 2 amide bonds. The van der Waals surface area contributed by atoms with E-state index in [2.05, 4.69) is 10.4 Å². The van der Waals surface area contributed by atoms with Gasteiger partial charge >= 0.3 is 0 Å². The molecule has 0 bridgehead atoms. The molecule has 1 aliphatic heterocycles. The highest BCUT2D eigenvalue weighted by Gasteiger charge is 2.38. The zero-order chi connectivity index (χ0) is 18.6. The minimum Gasteiger partial charge on any atom is -0.342 e. The molecule has 1 aliphatic carbocycles. The normalized spacial score (nSPS) is 22.6. The third-order valence-corrected chi connectivity index (χ3v) is 5.72. The fourth-order valence-corrected chi connectivity index (χ4v) is 4.29. The van der Waals surface area contributed by atoms with E-state index in [-0.39, 0.29) is 23.7 Å². The first-order valence-corrected chi connectivity index (χ1v) is 9.92. The molecule has 2 fully saturated rings. The van der Waals surface area contributed by atoms with Crippen molar-refractivity contribution in [3.63, 3.8) is 0 Å². The van der Waals surface area contributed by atoms with Gasteiger partial charge in [0.25, 0.3) is 0 Å². The van der Waals surface area contributed by atoms with Crippen molar-refractivity contribution in [2.24, 2.45) is 11.8 Å². The molecule has 1 saturated heterocycles. The van der Waals surface area contributed by atoms with Crippen LogP contribution >= 0.6 is 0 Å². The van der Waals surface area contributed by atoms with Crippen molar-refractivity contribution in [2.45, 2.75) is 38.5 Å². The van der Waals surface area contributed by atoms with Gasteiger partial charge in [-0.05, 0) is 49.9 Å². The van der Waals surface area contributed by atoms with Crippen LogP contribution in [0.3, 0.4) is 0 Å². The van der Waals surface area contributed by atoms with Gasteiger partial charge in [0.2, 0.25) is 11.8 Å². The zero-order valence-electron chi connectivity index (χ0n) is 15.5. The van der Waals surface area contributed by atoms with Crippen LogP contribution in [-0.4, -0.2) is 39.6 Å². The summed E-state index contributed by atoms with van der Waals surface area (Å²) >= 11 is 0. The second kappa shape index (κ2) is 7.94. The van der Waals surface area contributed by atoms with Gasteiger partial charge in [-0.1, -0.05) is 18.9 Å². The number of nitrogens with zero attached hydrogens (tertiary/aromatic N) is 3. The molecule has 4 rings (SSSR count). The Kier molecular flexibility index (Phi) is 5.23. The summed E-state index contributed by atoms with van der Waals surface area (Å²) in [7, 11) is 0. The number of carbonyl (C=O) groups is 2. The highest BCUT2D eigenvalue weighted by Crippen LogP contribution is 2.33. The van der Waals surface area contributed by atoms with Gasteiger partial charge < -0.3 is 10.2 Å². The van der Waals surface area contributed by atoms with Crippen LogP contribution in [0.25, 0.3) is 5.69 Å². The lowest BCUT2D eigenvalue weighted by molar-refractivity contribution is -0.141. The van der Waals surface area contributed by atoms with Crippen molar-refractivity contribution in [1.82, 2.24) is 14.7 Å². The van der Waals surface area contributed by atoms with E-state index in [9.17, 15) is 9.59 Å². The van der Waals surface area contributed by atoms with E-state index in [0.717, 1.165) is 63.0 Å². The van der Waals surface area contributed by atoms with E-state index in [1.807, 2.05) is 41.4 Å². The number of aromatic nitrogens is 2. The summed E-state index contributed by atoms with van der Waals surface area (Å²) in [5.41, 5.74) is 1.64. The molecule has 2 heterocycles. The summed E-state index contributed by atoms with van der Waals surface area (Å²) in [5, 5.41) is 7.27. The summed E-state index contributed by atoms with van der Waals surface area (Å²) in [4.78, 5) is 27.9. The molecule has 6 nitrogen and oxygen atoms in total. The Morgan fingerprint density at radius 3 is 2.52 bits per heavy atom. The SMILES string of the molecule is O=C(Nc1cccc(-n2cccn2)c1)[C@H]1CCCC[C@H]1C(=O)N1CCCC1. The molecule has 2 aromatic rings. The Hall–Kier alpha value is -2.63. The quantitative estimate of drug-likeness (QED) is 0.903. The lowest BCUT2D eigenvalue weighted by Crippen LogP contribution is -2.42. The number of nitrogens with one attached hydrogen (secondary N) is 1. The van der Waals surface area contributed by atoms with Crippen molar-refractivity contribution in [3.8, 4) is 5.69 Å². The Labute approximate surface area is 159 Å². The van der Waals surface area contributed by atoms with Crippen molar-refractivity contribution < 1.29 is 9.59 Å². The maximum absolute atomic E-state index is 13.0. The predicted octanol–water partition coefficient (Wildman–Crippen LogP) is 3.24. The van der Waals surface area contributed by atoms with Crippen LogP contribution in [0.4, 0.5) is 5.69 Å². The van der Waals surface area contributed by atoms with Crippen molar-refractivity contribution in [3.05, 3.63) is 42.7 Å². The minimum atomic E-state index is -0.236. The number of hydrogen-bond acceptors (Lipinski definition) is 3. The van der Waals surface area contributed by atoms with E-state index < -0.39 is 0 Å². The molecular formula is C21H26N4O2.